The number of esters is 2. The molecule has 0 saturated heterocycles. The number of allylic oxidation sites excluding steroid dienone is 1. The van der Waals surface area contributed by atoms with Gasteiger partial charge in [0.25, 0.3) is 0 Å². The molecule has 1 aliphatic heterocycles. The van der Waals surface area contributed by atoms with Gasteiger partial charge >= 0.3 is 17.9 Å². The predicted molar refractivity (Wildman–Crippen MR) is 126 cm³/mol. The van der Waals surface area contributed by atoms with Crippen LogP contribution in [0, 0.1) is 11.3 Å². The smallest absolute Gasteiger partial charge is 0.355 e. The number of methoxy groups -OCH3 is 2. The number of rotatable bonds is 6. The SMILES string of the molecule is COC(=O)C1=C(C(=O)OC)N(c2cc(C(=O)O)cc(S(C)(=O)=O)c2)C(N)=C(C#N)C1c1ccccc1. The highest BCUT2D eigenvalue weighted by Crippen LogP contribution is 2.43. The number of hydrogen-bond donors (Lipinski definition) is 2. The van der Waals surface area contributed by atoms with Crippen molar-refractivity contribution in [3.05, 3.63) is 82.3 Å². The Hall–Kier alpha value is -4.63. The fourth-order valence-corrected chi connectivity index (χ4v) is 4.51. The van der Waals surface area contributed by atoms with Crippen molar-refractivity contribution in [3.63, 3.8) is 0 Å². The number of nitrogens with two attached hydrogens (primary N) is 1. The maximum atomic E-state index is 13.1. The lowest BCUT2D eigenvalue weighted by Gasteiger charge is -2.36. The van der Waals surface area contributed by atoms with E-state index in [1.807, 2.05) is 6.07 Å². The lowest BCUT2D eigenvalue weighted by molar-refractivity contribution is -0.139. The number of aromatic carboxylic acids is 1. The van der Waals surface area contributed by atoms with Crippen molar-refractivity contribution in [3.8, 4) is 6.07 Å². The quantitative estimate of drug-likeness (QED) is 0.539. The predicted octanol–water partition coefficient (Wildman–Crippen LogP) is 1.69. The topological polar surface area (TPSA) is 177 Å². The van der Waals surface area contributed by atoms with E-state index in [1.54, 1.807) is 30.3 Å². The molecule has 11 nitrogen and oxygen atoms in total. The third-order valence-corrected chi connectivity index (χ3v) is 6.53. The average molecular weight is 512 g/mol. The summed E-state index contributed by atoms with van der Waals surface area (Å²) in [5, 5.41) is 19.6. The van der Waals surface area contributed by atoms with E-state index in [1.165, 1.54) is 0 Å². The third-order valence-electron chi connectivity index (χ3n) is 5.43. The standard InChI is InChI=1S/C24H21N3O8S/c1-34-23(30)19-18(13-7-5-4-6-8-13)17(12-25)21(26)27(20(19)24(31)35-2)15-9-14(22(28)29)10-16(11-15)36(3,32)33/h4-11,18H,26H2,1-3H3,(H,28,29). The molecule has 0 amide bonds. The molecule has 0 radical (unpaired) electrons. The Balaban J connectivity index is 2.50. The number of carboxylic acid groups (broad SMARTS) is 1. The maximum Gasteiger partial charge on any atom is 0.355 e. The lowest BCUT2D eigenvalue weighted by Crippen LogP contribution is -2.41. The van der Waals surface area contributed by atoms with Crippen molar-refractivity contribution in [1.29, 1.82) is 5.26 Å². The molecule has 2 aromatic rings. The van der Waals surface area contributed by atoms with Gasteiger partial charge in [0.2, 0.25) is 0 Å². The van der Waals surface area contributed by atoms with Crippen molar-refractivity contribution < 1.29 is 37.4 Å². The summed E-state index contributed by atoms with van der Waals surface area (Å²) in [6, 6.07) is 13.3. The molecule has 0 aromatic heterocycles. The van der Waals surface area contributed by atoms with Gasteiger partial charge < -0.3 is 20.3 Å². The number of nitriles is 1. The van der Waals surface area contributed by atoms with Gasteiger partial charge in [0.15, 0.2) is 9.84 Å². The second-order valence-electron chi connectivity index (χ2n) is 7.63. The van der Waals surface area contributed by atoms with E-state index in [-0.39, 0.29) is 22.7 Å². The average Bonchev–Trinajstić information content (AvgIpc) is 2.86. The minimum atomic E-state index is -3.92. The van der Waals surface area contributed by atoms with E-state index >= 15 is 0 Å². The van der Waals surface area contributed by atoms with Crippen LogP contribution in [0.15, 0.2) is 76.1 Å². The zero-order valence-electron chi connectivity index (χ0n) is 19.4. The number of hydrogen-bond acceptors (Lipinski definition) is 10. The Bertz CT molecular complexity index is 1470. The van der Waals surface area contributed by atoms with Gasteiger partial charge in [0.05, 0.1) is 47.8 Å². The van der Waals surface area contributed by atoms with Crippen LogP contribution in [0.2, 0.25) is 0 Å². The van der Waals surface area contributed by atoms with E-state index in [0.717, 1.165) is 43.6 Å². The minimum Gasteiger partial charge on any atom is -0.478 e. The number of sulfone groups is 1. The van der Waals surface area contributed by atoms with Gasteiger partial charge in [0, 0.05) is 11.9 Å². The Kier molecular flexibility index (Phi) is 7.17. The van der Waals surface area contributed by atoms with Crippen LogP contribution in [0.5, 0.6) is 0 Å². The van der Waals surface area contributed by atoms with Crippen molar-refractivity contribution >= 4 is 33.4 Å². The number of anilines is 1. The van der Waals surface area contributed by atoms with Gasteiger partial charge in [-0.3, -0.25) is 4.90 Å². The number of benzene rings is 2. The first kappa shape index (κ1) is 26.0. The minimum absolute atomic E-state index is 0.157. The van der Waals surface area contributed by atoms with Gasteiger partial charge in [-0.25, -0.2) is 22.8 Å². The first-order valence-corrected chi connectivity index (χ1v) is 12.1. The highest BCUT2D eigenvalue weighted by molar-refractivity contribution is 7.90. The van der Waals surface area contributed by atoms with Crippen molar-refractivity contribution in [2.24, 2.45) is 5.73 Å². The highest BCUT2D eigenvalue weighted by Gasteiger charge is 2.43. The molecular formula is C24H21N3O8S. The molecule has 1 unspecified atom stereocenters. The molecule has 1 aliphatic rings. The monoisotopic (exact) mass is 511 g/mol. The van der Waals surface area contributed by atoms with E-state index in [4.69, 9.17) is 15.2 Å². The summed E-state index contributed by atoms with van der Waals surface area (Å²) in [5.41, 5.74) is 5.24. The Morgan fingerprint density at radius 1 is 1.06 bits per heavy atom. The zero-order chi connectivity index (χ0) is 26.8. The summed E-state index contributed by atoms with van der Waals surface area (Å²) in [7, 11) is -1.79. The molecule has 0 bridgehead atoms. The van der Waals surface area contributed by atoms with E-state index in [0.29, 0.717) is 5.56 Å². The summed E-state index contributed by atoms with van der Waals surface area (Å²) < 4.78 is 34.4. The summed E-state index contributed by atoms with van der Waals surface area (Å²) >= 11 is 0. The summed E-state index contributed by atoms with van der Waals surface area (Å²) in [4.78, 5) is 38.4. The first-order chi connectivity index (χ1) is 17.0. The molecule has 186 valence electrons. The first-order valence-electron chi connectivity index (χ1n) is 10.2. The number of carboxylic acids is 1. The molecule has 2 aromatic carbocycles. The van der Waals surface area contributed by atoms with Crippen LogP contribution >= 0.6 is 0 Å². The molecule has 12 heteroatoms. The number of nitrogens with zero attached hydrogens (tertiary/aromatic N) is 2. The van der Waals surface area contributed by atoms with Crippen molar-refractivity contribution in [2.75, 3.05) is 25.4 Å². The molecule has 3 N–H and O–H groups in total. The second-order valence-corrected chi connectivity index (χ2v) is 9.64. The fourth-order valence-electron chi connectivity index (χ4n) is 3.83. The highest BCUT2D eigenvalue weighted by atomic mass is 32.2. The Labute approximate surface area is 206 Å². The van der Waals surface area contributed by atoms with Gasteiger partial charge in [-0.05, 0) is 23.8 Å². The van der Waals surface area contributed by atoms with Crippen LogP contribution in [-0.2, 0) is 28.9 Å². The van der Waals surface area contributed by atoms with Gasteiger partial charge in [-0.15, -0.1) is 0 Å². The molecule has 0 aliphatic carbocycles. The molecule has 1 atom stereocenters. The molecule has 0 saturated carbocycles. The number of carbonyl (C=O) groups is 3. The number of ether oxygens (including phenoxy) is 2. The van der Waals surface area contributed by atoms with Gasteiger partial charge in [-0.2, -0.15) is 5.26 Å². The zero-order valence-corrected chi connectivity index (χ0v) is 20.2. The maximum absolute atomic E-state index is 13.1. The van der Waals surface area contributed by atoms with E-state index < -0.39 is 49.8 Å². The molecule has 0 spiro atoms. The molecule has 1 heterocycles. The summed E-state index contributed by atoms with van der Waals surface area (Å²) in [6.45, 7) is 0. The Morgan fingerprint density at radius 2 is 1.67 bits per heavy atom. The molecule has 3 rings (SSSR count). The number of carbonyl (C=O) groups excluding carboxylic acids is 2. The second kappa shape index (κ2) is 9.93. The van der Waals surface area contributed by atoms with Crippen LogP contribution in [0.3, 0.4) is 0 Å². The molecular weight excluding hydrogens is 490 g/mol. The Morgan fingerprint density at radius 3 is 2.17 bits per heavy atom. The fraction of sp³-hybridized carbons (Fsp3) is 0.167. The van der Waals surface area contributed by atoms with Crippen LogP contribution in [0.1, 0.15) is 21.8 Å². The molecule has 0 fully saturated rings. The van der Waals surface area contributed by atoms with E-state index in [2.05, 4.69) is 0 Å². The van der Waals surface area contributed by atoms with Crippen molar-refractivity contribution in [2.45, 2.75) is 10.8 Å². The lowest BCUT2D eigenvalue weighted by atomic mass is 9.81. The van der Waals surface area contributed by atoms with Crippen LogP contribution < -0.4 is 10.6 Å². The van der Waals surface area contributed by atoms with Crippen LogP contribution in [-0.4, -0.2) is 51.9 Å². The third kappa shape index (κ3) is 4.64. The van der Waals surface area contributed by atoms with Gasteiger partial charge in [-0.1, -0.05) is 30.3 Å². The largest absolute Gasteiger partial charge is 0.478 e. The summed E-state index contributed by atoms with van der Waals surface area (Å²) in [5.74, 6) is -4.96. The normalized spacial score (nSPS) is 15.8. The van der Waals surface area contributed by atoms with Crippen LogP contribution in [0.25, 0.3) is 0 Å². The van der Waals surface area contributed by atoms with Crippen molar-refractivity contribution in [1.82, 2.24) is 0 Å². The summed E-state index contributed by atoms with van der Waals surface area (Å²) in [6.07, 6.45) is 0.871. The van der Waals surface area contributed by atoms with Crippen LogP contribution in [0.4, 0.5) is 5.69 Å². The van der Waals surface area contributed by atoms with E-state index in [9.17, 15) is 33.2 Å². The van der Waals surface area contributed by atoms with Gasteiger partial charge in [0.1, 0.15) is 11.5 Å². The molecule has 36 heavy (non-hydrogen) atoms.